The van der Waals surface area contributed by atoms with E-state index < -0.39 is 0 Å². The van der Waals surface area contributed by atoms with Gasteiger partial charge in [0.1, 0.15) is 0 Å². The Labute approximate surface area is 183 Å². The van der Waals surface area contributed by atoms with Crippen LogP contribution in [-0.2, 0) is 0 Å². The number of aliphatic imine (C=N–C) groups is 1. The van der Waals surface area contributed by atoms with Gasteiger partial charge in [0.05, 0.1) is 0 Å². The maximum absolute atomic E-state index is 12.4. The van der Waals surface area contributed by atoms with Crippen molar-refractivity contribution in [3.63, 3.8) is 0 Å². The van der Waals surface area contributed by atoms with Gasteiger partial charge in [0.15, 0.2) is 5.96 Å². The Kier molecular flexibility index (Phi) is 8.04. The van der Waals surface area contributed by atoms with Crippen LogP contribution in [0.1, 0.15) is 53.8 Å². The van der Waals surface area contributed by atoms with Crippen molar-refractivity contribution in [3.05, 3.63) is 59.7 Å². The number of carbonyl (C=O) groups is 2. The normalized spacial score (nSPS) is 13.2. The van der Waals surface area contributed by atoms with Crippen molar-refractivity contribution >= 4 is 29.1 Å². The lowest BCUT2D eigenvalue weighted by Crippen LogP contribution is -2.43. The lowest BCUT2D eigenvalue weighted by molar-refractivity contribution is 0.0950. The fourth-order valence-corrected chi connectivity index (χ4v) is 3.22. The Morgan fingerprint density at radius 1 is 1.03 bits per heavy atom. The molecular weight excluding hydrogens is 390 g/mol. The number of nitrogens with zero attached hydrogens (tertiary/aromatic N) is 1. The van der Waals surface area contributed by atoms with Crippen molar-refractivity contribution in [1.29, 1.82) is 0 Å². The molecule has 7 heteroatoms. The summed E-state index contributed by atoms with van der Waals surface area (Å²) in [6.45, 7) is 6.58. The first-order valence-electron chi connectivity index (χ1n) is 10.9. The zero-order valence-corrected chi connectivity index (χ0v) is 18.2. The third kappa shape index (κ3) is 7.13. The highest BCUT2D eigenvalue weighted by Crippen LogP contribution is 2.18. The van der Waals surface area contributed by atoms with Gasteiger partial charge in [-0.05, 0) is 67.6 Å². The van der Waals surface area contributed by atoms with E-state index in [9.17, 15) is 9.59 Å². The number of carbonyl (C=O) groups excluding carboxylic acids is 2. The number of rotatable bonds is 8. The number of amides is 2. The second kappa shape index (κ2) is 11.2. The Morgan fingerprint density at radius 2 is 1.84 bits per heavy atom. The molecule has 0 radical (unpaired) electrons. The molecule has 1 heterocycles. The number of anilines is 2. The first kappa shape index (κ1) is 22.3. The number of nitrogens with one attached hydrogen (secondary N) is 4. The highest BCUT2D eigenvalue weighted by Gasteiger charge is 2.11. The first-order valence-corrected chi connectivity index (χ1v) is 10.9. The molecule has 0 aromatic heterocycles. The van der Waals surface area contributed by atoms with E-state index >= 15 is 0 Å². The lowest BCUT2D eigenvalue weighted by atomic mass is 10.1. The van der Waals surface area contributed by atoms with Crippen LogP contribution in [0.25, 0.3) is 0 Å². The minimum atomic E-state index is -0.198. The maximum Gasteiger partial charge on any atom is 0.257 e. The molecule has 0 bridgehead atoms. The Balaban J connectivity index is 1.55. The largest absolute Gasteiger partial charge is 0.356 e. The summed E-state index contributed by atoms with van der Waals surface area (Å²) in [6.07, 6.45) is 3.05. The molecule has 7 nitrogen and oxygen atoms in total. The summed E-state index contributed by atoms with van der Waals surface area (Å²) in [6, 6.07) is 14.6. The van der Waals surface area contributed by atoms with E-state index in [-0.39, 0.29) is 11.8 Å². The van der Waals surface area contributed by atoms with Gasteiger partial charge >= 0.3 is 0 Å². The van der Waals surface area contributed by atoms with Gasteiger partial charge in [-0.15, -0.1) is 0 Å². The standard InChI is InChI=1S/C24H31N5O2/c1-17(2)6-4-13-25-22(30)19-7-3-8-21(16-19)28-20-11-9-18(10-12-20)23(31)29-24-26-14-5-15-27-24/h3,7-12,16-17,28H,4-6,13-15H2,1-2H3,(H,25,30)(H2,26,27,29,31). The number of benzene rings is 2. The Bertz CT molecular complexity index is 922. The van der Waals surface area contributed by atoms with Crippen LogP contribution in [0.3, 0.4) is 0 Å². The van der Waals surface area contributed by atoms with Gasteiger partial charge < -0.3 is 16.0 Å². The zero-order valence-electron chi connectivity index (χ0n) is 18.2. The summed E-state index contributed by atoms with van der Waals surface area (Å²) in [5.74, 6) is 0.895. The molecule has 3 rings (SSSR count). The summed E-state index contributed by atoms with van der Waals surface area (Å²) in [5.41, 5.74) is 2.81. The lowest BCUT2D eigenvalue weighted by Gasteiger charge is -2.15. The van der Waals surface area contributed by atoms with Crippen molar-refractivity contribution in [2.24, 2.45) is 10.9 Å². The van der Waals surface area contributed by atoms with E-state index in [0.29, 0.717) is 29.5 Å². The average molecular weight is 422 g/mol. The molecule has 0 unspecified atom stereocenters. The van der Waals surface area contributed by atoms with Gasteiger partial charge in [-0.1, -0.05) is 19.9 Å². The maximum atomic E-state index is 12.4. The van der Waals surface area contributed by atoms with E-state index in [1.165, 1.54) is 0 Å². The quantitative estimate of drug-likeness (QED) is 0.489. The summed E-state index contributed by atoms with van der Waals surface area (Å²) in [4.78, 5) is 29.0. The number of hydrogen-bond donors (Lipinski definition) is 4. The number of guanidine groups is 1. The summed E-state index contributed by atoms with van der Waals surface area (Å²) < 4.78 is 0. The molecule has 4 N–H and O–H groups in total. The van der Waals surface area contributed by atoms with Gasteiger partial charge in [-0.3, -0.25) is 19.9 Å². The highest BCUT2D eigenvalue weighted by molar-refractivity contribution is 6.06. The van der Waals surface area contributed by atoms with Crippen molar-refractivity contribution in [2.45, 2.75) is 33.1 Å². The van der Waals surface area contributed by atoms with E-state index in [4.69, 9.17) is 0 Å². The summed E-state index contributed by atoms with van der Waals surface area (Å²) in [5, 5.41) is 12.1. The van der Waals surface area contributed by atoms with Crippen molar-refractivity contribution in [3.8, 4) is 0 Å². The second-order valence-electron chi connectivity index (χ2n) is 8.04. The van der Waals surface area contributed by atoms with Crippen LogP contribution in [0.4, 0.5) is 11.4 Å². The first-order chi connectivity index (χ1) is 15.0. The van der Waals surface area contributed by atoms with Crippen molar-refractivity contribution in [2.75, 3.05) is 25.0 Å². The molecular formula is C24H31N5O2. The Hall–Kier alpha value is -3.35. The van der Waals surface area contributed by atoms with Gasteiger partial charge in [-0.2, -0.15) is 0 Å². The van der Waals surface area contributed by atoms with E-state index in [1.807, 2.05) is 30.3 Å². The smallest absolute Gasteiger partial charge is 0.257 e. The number of hydrogen-bond acceptors (Lipinski definition) is 5. The summed E-state index contributed by atoms with van der Waals surface area (Å²) in [7, 11) is 0. The van der Waals surface area contributed by atoms with E-state index in [1.54, 1.807) is 18.2 Å². The summed E-state index contributed by atoms with van der Waals surface area (Å²) >= 11 is 0. The second-order valence-corrected chi connectivity index (χ2v) is 8.04. The van der Waals surface area contributed by atoms with Crippen LogP contribution in [-0.4, -0.2) is 37.4 Å². The molecule has 0 fully saturated rings. The molecule has 0 spiro atoms. The van der Waals surface area contributed by atoms with Crippen molar-refractivity contribution < 1.29 is 9.59 Å². The molecule has 31 heavy (non-hydrogen) atoms. The van der Waals surface area contributed by atoms with Crippen LogP contribution in [0.5, 0.6) is 0 Å². The average Bonchev–Trinajstić information content (AvgIpc) is 2.78. The molecule has 2 amide bonds. The monoisotopic (exact) mass is 421 g/mol. The molecule has 2 aromatic carbocycles. The third-order valence-electron chi connectivity index (χ3n) is 4.93. The topological polar surface area (TPSA) is 94.6 Å². The molecule has 0 aliphatic carbocycles. The van der Waals surface area contributed by atoms with Crippen LogP contribution in [0.2, 0.25) is 0 Å². The molecule has 0 atom stereocenters. The molecule has 1 aliphatic heterocycles. The Morgan fingerprint density at radius 3 is 2.55 bits per heavy atom. The fraction of sp³-hybridized carbons (Fsp3) is 0.375. The van der Waals surface area contributed by atoms with Gasteiger partial charge in [-0.25, -0.2) is 0 Å². The molecule has 2 aromatic rings. The van der Waals surface area contributed by atoms with Crippen LogP contribution < -0.4 is 21.3 Å². The highest BCUT2D eigenvalue weighted by atomic mass is 16.2. The van der Waals surface area contributed by atoms with Gasteiger partial charge in [0, 0.05) is 42.1 Å². The minimum absolute atomic E-state index is 0.0707. The minimum Gasteiger partial charge on any atom is -0.356 e. The van der Waals surface area contributed by atoms with Crippen LogP contribution >= 0.6 is 0 Å². The van der Waals surface area contributed by atoms with E-state index in [0.717, 1.165) is 43.7 Å². The fourth-order valence-electron chi connectivity index (χ4n) is 3.22. The predicted molar refractivity (Wildman–Crippen MR) is 125 cm³/mol. The van der Waals surface area contributed by atoms with Gasteiger partial charge in [0.25, 0.3) is 11.8 Å². The third-order valence-corrected chi connectivity index (χ3v) is 4.93. The zero-order chi connectivity index (χ0) is 22.1. The molecule has 0 saturated heterocycles. The van der Waals surface area contributed by atoms with Crippen molar-refractivity contribution in [1.82, 2.24) is 16.0 Å². The molecule has 1 aliphatic rings. The van der Waals surface area contributed by atoms with Gasteiger partial charge in [0.2, 0.25) is 0 Å². The van der Waals surface area contributed by atoms with Crippen LogP contribution in [0.15, 0.2) is 53.5 Å². The van der Waals surface area contributed by atoms with Crippen LogP contribution in [0, 0.1) is 5.92 Å². The predicted octanol–water partition coefficient (Wildman–Crippen LogP) is 3.68. The molecule has 0 saturated carbocycles. The van der Waals surface area contributed by atoms with E-state index in [2.05, 4.69) is 40.1 Å². The SMILES string of the molecule is CC(C)CCCNC(=O)c1cccc(Nc2ccc(C(=O)NC3=NCCCN3)cc2)c1. The molecule has 164 valence electrons.